The number of carbonyl (C=O) groups excluding carboxylic acids is 1. The first-order chi connectivity index (χ1) is 13.3. The number of amides is 1. The van der Waals surface area contributed by atoms with Crippen LogP contribution in [0.4, 0.5) is 5.69 Å². The molecule has 3 rings (SSSR count). The van der Waals surface area contributed by atoms with Crippen LogP contribution in [0, 0.1) is 30.9 Å². The molecule has 1 atom stereocenters. The Bertz CT molecular complexity index is 1040. The first-order valence-electron chi connectivity index (χ1n) is 8.76. The minimum absolute atomic E-state index is 0.122. The fourth-order valence-electron chi connectivity index (χ4n) is 3.11. The van der Waals surface area contributed by atoms with Gasteiger partial charge in [-0.15, -0.1) is 0 Å². The summed E-state index contributed by atoms with van der Waals surface area (Å²) in [5, 5.41) is 21.6. The molecule has 2 heterocycles. The lowest BCUT2D eigenvalue weighted by Gasteiger charge is -2.16. The molecule has 1 aromatic carbocycles. The van der Waals surface area contributed by atoms with Gasteiger partial charge in [-0.2, -0.15) is 5.10 Å². The summed E-state index contributed by atoms with van der Waals surface area (Å²) >= 11 is 0. The average molecular weight is 383 g/mol. The number of aryl methyl sites for hydroxylation is 3. The largest absolute Gasteiger partial charge is 0.361 e. The van der Waals surface area contributed by atoms with Gasteiger partial charge in [-0.25, -0.2) is 0 Å². The average Bonchev–Trinajstić information content (AvgIpc) is 3.23. The summed E-state index contributed by atoms with van der Waals surface area (Å²) in [4.78, 5) is 23.1. The lowest BCUT2D eigenvalue weighted by molar-refractivity contribution is -0.385. The molecule has 1 N–H and O–H groups in total. The zero-order valence-electron chi connectivity index (χ0n) is 16.1. The Balaban J connectivity index is 1.79. The molecule has 0 aliphatic carbocycles. The molecule has 28 heavy (non-hydrogen) atoms. The third kappa shape index (κ3) is 3.93. The van der Waals surface area contributed by atoms with E-state index < -0.39 is 4.92 Å². The van der Waals surface area contributed by atoms with Gasteiger partial charge in [0.05, 0.1) is 17.5 Å². The Morgan fingerprint density at radius 3 is 2.75 bits per heavy atom. The zero-order valence-corrected chi connectivity index (χ0v) is 16.1. The molecule has 0 bridgehead atoms. The number of benzene rings is 1. The highest BCUT2D eigenvalue weighted by Gasteiger charge is 2.23. The minimum Gasteiger partial charge on any atom is -0.361 e. The van der Waals surface area contributed by atoms with Crippen LogP contribution >= 0.6 is 0 Å². The van der Waals surface area contributed by atoms with Crippen molar-refractivity contribution in [2.45, 2.75) is 40.3 Å². The summed E-state index contributed by atoms with van der Waals surface area (Å²) in [6.07, 6.45) is 2.46. The molecule has 0 saturated carbocycles. The molecule has 9 nitrogen and oxygen atoms in total. The van der Waals surface area contributed by atoms with Crippen LogP contribution < -0.4 is 5.32 Å². The van der Waals surface area contributed by atoms with E-state index in [1.54, 1.807) is 6.92 Å². The van der Waals surface area contributed by atoms with Gasteiger partial charge in [0.1, 0.15) is 18.2 Å². The van der Waals surface area contributed by atoms with E-state index in [0.29, 0.717) is 11.3 Å². The van der Waals surface area contributed by atoms with Crippen molar-refractivity contribution >= 4 is 11.6 Å². The number of hydrogen-bond donors (Lipinski definition) is 1. The number of rotatable bonds is 6. The van der Waals surface area contributed by atoms with E-state index in [-0.39, 0.29) is 29.9 Å². The first kappa shape index (κ1) is 19.3. The second-order valence-corrected chi connectivity index (χ2v) is 6.77. The summed E-state index contributed by atoms with van der Waals surface area (Å²) < 4.78 is 6.56. The van der Waals surface area contributed by atoms with Gasteiger partial charge in [0, 0.05) is 5.56 Å². The Hall–Kier alpha value is -3.49. The van der Waals surface area contributed by atoms with E-state index in [2.05, 4.69) is 21.6 Å². The van der Waals surface area contributed by atoms with Crippen molar-refractivity contribution < 1.29 is 14.2 Å². The maximum absolute atomic E-state index is 12.8. The van der Waals surface area contributed by atoms with E-state index in [1.807, 2.05) is 32.9 Å². The van der Waals surface area contributed by atoms with Crippen LogP contribution in [0.25, 0.3) is 0 Å². The van der Waals surface area contributed by atoms with Crippen LogP contribution in [0.2, 0.25) is 0 Å². The van der Waals surface area contributed by atoms with Crippen LogP contribution in [0.3, 0.4) is 0 Å². The number of nitro groups is 1. The van der Waals surface area contributed by atoms with E-state index in [9.17, 15) is 14.9 Å². The Morgan fingerprint density at radius 2 is 2.11 bits per heavy atom. The van der Waals surface area contributed by atoms with Crippen molar-refractivity contribution in [2.75, 3.05) is 0 Å². The molecule has 2 aromatic heterocycles. The third-order valence-electron chi connectivity index (χ3n) is 4.59. The number of hydrogen-bond acceptors (Lipinski definition) is 6. The van der Waals surface area contributed by atoms with Gasteiger partial charge in [-0.3, -0.25) is 19.6 Å². The van der Waals surface area contributed by atoms with Gasteiger partial charge in [0.2, 0.25) is 0 Å². The minimum atomic E-state index is -0.525. The number of nitrogens with zero attached hydrogens (tertiary/aromatic N) is 4. The number of nitrogens with one attached hydrogen (secondary N) is 1. The van der Waals surface area contributed by atoms with Crippen LogP contribution in [0.1, 0.15) is 51.5 Å². The topological polar surface area (TPSA) is 116 Å². The van der Waals surface area contributed by atoms with Gasteiger partial charge >= 0.3 is 5.69 Å². The molecule has 9 heteroatoms. The van der Waals surface area contributed by atoms with Crippen LogP contribution in [0.15, 0.2) is 35.1 Å². The SMILES string of the molecule is Cc1ccc(C(C)NC(=O)c2noc(C)c2Cn2cc([N+](=O)[O-])cn2)c(C)c1. The fraction of sp³-hybridized carbons (Fsp3) is 0.316. The quantitative estimate of drug-likeness (QED) is 0.516. The van der Waals surface area contributed by atoms with Crippen molar-refractivity contribution in [1.29, 1.82) is 0 Å². The standard InChI is InChI=1S/C19H21N5O4/c1-11-5-6-16(12(2)7-11)13(3)21-19(25)18-17(14(4)28-22-18)10-23-9-15(8-20-23)24(26)27/h5-9,13H,10H2,1-4H3,(H,21,25). The van der Waals surface area contributed by atoms with Crippen LogP contribution in [-0.4, -0.2) is 25.8 Å². The Morgan fingerprint density at radius 1 is 1.36 bits per heavy atom. The molecular weight excluding hydrogens is 362 g/mol. The second-order valence-electron chi connectivity index (χ2n) is 6.77. The molecule has 0 fully saturated rings. The van der Waals surface area contributed by atoms with Gasteiger partial charge in [0.25, 0.3) is 5.91 Å². The predicted molar refractivity (Wildman–Crippen MR) is 101 cm³/mol. The Labute approximate surface area is 161 Å². The number of carbonyl (C=O) groups is 1. The van der Waals surface area contributed by atoms with E-state index in [4.69, 9.17) is 4.52 Å². The normalized spacial score (nSPS) is 12.0. The zero-order chi connectivity index (χ0) is 20.4. The molecule has 3 aromatic rings. The van der Waals surface area contributed by atoms with E-state index in [0.717, 1.165) is 22.9 Å². The van der Waals surface area contributed by atoms with Crippen molar-refractivity contribution in [1.82, 2.24) is 20.3 Å². The third-order valence-corrected chi connectivity index (χ3v) is 4.59. The summed E-state index contributed by atoms with van der Waals surface area (Å²) in [6.45, 7) is 7.75. The fourth-order valence-corrected chi connectivity index (χ4v) is 3.11. The summed E-state index contributed by atoms with van der Waals surface area (Å²) in [6, 6.07) is 5.84. The van der Waals surface area contributed by atoms with Crippen LogP contribution in [0.5, 0.6) is 0 Å². The summed E-state index contributed by atoms with van der Waals surface area (Å²) in [5.74, 6) is 0.0865. The highest BCUT2D eigenvalue weighted by molar-refractivity contribution is 5.94. The van der Waals surface area contributed by atoms with Crippen molar-refractivity contribution in [2.24, 2.45) is 0 Å². The molecule has 0 spiro atoms. The molecule has 0 aliphatic rings. The Kier molecular flexibility index (Phi) is 5.25. The first-order valence-corrected chi connectivity index (χ1v) is 8.76. The lowest BCUT2D eigenvalue weighted by Crippen LogP contribution is -2.28. The molecule has 146 valence electrons. The smallest absolute Gasteiger partial charge is 0.307 e. The van der Waals surface area contributed by atoms with Gasteiger partial charge < -0.3 is 9.84 Å². The van der Waals surface area contributed by atoms with E-state index >= 15 is 0 Å². The number of aromatic nitrogens is 3. The highest BCUT2D eigenvalue weighted by Crippen LogP contribution is 2.21. The van der Waals surface area contributed by atoms with E-state index in [1.165, 1.54) is 10.9 Å². The maximum Gasteiger partial charge on any atom is 0.307 e. The lowest BCUT2D eigenvalue weighted by atomic mass is 10.00. The van der Waals surface area contributed by atoms with Gasteiger partial charge in [-0.05, 0) is 38.8 Å². The highest BCUT2D eigenvalue weighted by atomic mass is 16.6. The maximum atomic E-state index is 12.8. The van der Waals surface area contributed by atoms with Crippen LogP contribution in [-0.2, 0) is 6.54 Å². The molecule has 1 unspecified atom stereocenters. The molecule has 1 amide bonds. The molecule has 0 aliphatic heterocycles. The summed E-state index contributed by atoms with van der Waals surface area (Å²) in [7, 11) is 0. The predicted octanol–water partition coefficient (Wildman–Crippen LogP) is 3.24. The van der Waals surface area contributed by atoms with Crippen molar-refractivity contribution in [3.63, 3.8) is 0 Å². The monoisotopic (exact) mass is 383 g/mol. The van der Waals surface area contributed by atoms with Gasteiger partial charge in [0.15, 0.2) is 5.69 Å². The molecule has 0 radical (unpaired) electrons. The van der Waals surface area contributed by atoms with Crippen molar-refractivity contribution in [3.05, 3.63) is 74.4 Å². The second kappa shape index (κ2) is 7.63. The van der Waals surface area contributed by atoms with Crippen molar-refractivity contribution in [3.8, 4) is 0 Å². The van der Waals surface area contributed by atoms with Gasteiger partial charge in [-0.1, -0.05) is 28.9 Å². The molecular formula is C19H21N5O4. The molecule has 0 saturated heterocycles. The summed E-state index contributed by atoms with van der Waals surface area (Å²) in [5.41, 5.74) is 3.82.